The minimum absolute atomic E-state index is 0.326. The first kappa shape index (κ1) is 14.5. The van der Waals surface area contributed by atoms with Crippen LogP contribution in [0.5, 0.6) is 0 Å². The van der Waals surface area contributed by atoms with Gasteiger partial charge < -0.3 is 10.6 Å². The van der Waals surface area contributed by atoms with Crippen LogP contribution in [0.3, 0.4) is 0 Å². The van der Waals surface area contributed by atoms with E-state index in [0.29, 0.717) is 11.2 Å². The lowest BCUT2D eigenvalue weighted by Crippen LogP contribution is -2.36. The number of hydrogen-bond acceptors (Lipinski definition) is 2. The molecule has 2 N–H and O–H groups in total. The summed E-state index contributed by atoms with van der Waals surface area (Å²) in [6, 6.07) is 14.6. The molecule has 0 radical (unpaired) electrons. The predicted molar refractivity (Wildman–Crippen MR) is 87.8 cm³/mol. The molecule has 0 aliphatic heterocycles. The lowest BCUT2D eigenvalue weighted by Gasteiger charge is -2.16. The number of thiocarbonyl (C=S) groups is 1. The maximum Gasteiger partial charge on any atom is 0.171 e. The van der Waals surface area contributed by atoms with Crippen molar-refractivity contribution in [3.8, 4) is 0 Å². The summed E-state index contributed by atoms with van der Waals surface area (Å²) < 4.78 is 0. The minimum Gasteiger partial charge on any atom is -0.360 e. The Hall–Kier alpha value is -1.94. The molecule has 0 aliphatic carbocycles. The Morgan fingerprint density at radius 1 is 1.20 bits per heavy atom. The lowest BCUT2D eigenvalue weighted by molar-refractivity contribution is 0.609. The van der Waals surface area contributed by atoms with Gasteiger partial charge in [-0.1, -0.05) is 30.3 Å². The molecular weight excluding hydrogens is 266 g/mol. The van der Waals surface area contributed by atoms with Crippen LogP contribution in [-0.4, -0.2) is 16.1 Å². The molecule has 0 fully saturated rings. The second kappa shape index (κ2) is 7.60. The van der Waals surface area contributed by atoms with Crippen LogP contribution >= 0.6 is 12.2 Å². The summed E-state index contributed by atoms with van der Waals surface area (Å²) >= 11 is 5.29. The first-order valence-corrected chi connectivity index (χ1v) is 7.16. The largest absolute Gasteiger partial charge is 0.360 e. The van der Waals surface area contributed by atoms with Gasteiger partial charge in [0, 0.05) is 12.2 Å². The molecule has 4 heteroatoms. The van der Waals surface area contributed by atoms with Crippen molar-refractivity contribution >= 4 is 23.0 Å². The highest BCUT2D eigenvalue weighted by Crippen LogP contribution is 2.06. The number of aromatic nitrogens is 1. The smallest absolute Gasteiger partial charge is 0.171 e. The lowest BCUT2D eigenvalue weighted by atomic mass is 10.1. The molecule has 0 saturated carbocycles. The number of benzene rings is 1. The molecule has 0 saturated heterocycles. The number of pyridine rings is 1. The zero-order chi connectivity index (χ0) is 14.2. The van der Waals surface area contributed by atoms with Crippen LogP contribution in [0, 0.1) is 0 Å². The standard InChI is InChI=1S/C16H19N3S/c1-13(9-10-14-6-3-2-4-7-14)18-16(20)19-15-8-5-11-17-12-15/h2-8,11-13H,9-10H2,1H3,(H2,18,19,20)/t13-/m0/s1. The van der Waals surface area contributed by atoms with Crippen molar-refractivity contribution in [2.75, 3.05) is 5.32 Å². The van der Waals surface area contributed by atoms with E-state index < -0.39 is 0 Å². The fraction of sp³-hybridized carbons (Fsp3) is 0.250. The van der Waals surface area contributed by atoms with Gasteiger partial charge in [-0.25, -0.2) is 0 Å². The highest BCUT2D eigenvalue weighted by Gasteiger charge is 2.05. The monoisotopic (exact) mass is 285 g/mol. The summed E-state index contributed by atoms with van der Waals surface area (Å²) in [6.07, 6.45) is 5.58. The molecule has 3 nitrogen and oxygen atoms in total. The molecule has 1 heterocycles. The number of hydrogen-bond donors (Lipinski definition) is 2. The van der Waals surface area contributed by atoms with Gasteiger partial charge in [0.15, 0.2) is 5.11 Å². The van der Waals surface area contributed by atoms with Crippen LogP contribution in [-0.2, 0) is 6.42 Å². The summed E-state index contributed by atoms with van der Waals surface area (Å²) in [5.74, 6) is 0. The summed E-state index contributed by atoms with van der Waals surface area (Å²) in [5, 5.41) is 7.06. The van der Waals surface area contributed by atoms with Gasteiger partial charge in [0.2, 0.25) is 0 Å². The van der Waals surface area contributed by atoms with Crippen LogP contribution in [0.4, 0.5) is 5.69 Å². The van der Waals surface area contributed by atoms with Crippen LogP contribution in [0.2, 0.25) is 0 Å². The number of anilines is 1. The zero-order valence-corrected chi connectivity index (χ0v) is 12.4. The Labute approximate surface area is 125 Å². The number of rotatable bonds is 5. The van der Waals surface area contributed by atoms with Crippen molar-refractivity contribution in [3.63, 3.8) is 0 Å². The third-order valence-electron chi connectivity index (χ3n) is 3.01. The number of nitrogens with one attached hydrogen (secondary N) is 2. The second-order valence-electron chi connectivity index (χ2n) is 4.77. The molecule has 1 aromatic heterocycles. The van der Waals surface area contributed by atoms with Crippen LogP contribution in [0.15, 0.2) is 54.9 Å². The van der Waals surface area contributed by atoms with Gasteiger partial charge in [-0.3, -0.25) is 4.98 Å². The van der Waals surface area contributed by atoms with E-state index in [4.69, 9.17) is 12.2 Å². The Morgan fingerprint density at radius 2 is 2.00 bits per heavy atom. The molecule has 0 bridgehead atoms. The Kier molecular flexibility index (Phi) is 5.50. The third kappa shape index (κ3) is 4.97. The first-order chi connectivity index (χ1) is 9.74. The topological polar surface area (TPSA) is 37.0 Å². The summed E-state index contributed by atoms with van der Waals surface area (Å²) in [7, 11) is 0. The molecule has 0 amide bonds. The van der Waals surface area contributed by atoms with Gasteiger partial charge in [-0.15, -0.1) is 0 Å². The fourth-order valence-corrected chi connectivity index (χ4v) is 2.25. The van der Waals surface area contributed by atoms with E-state index in [1.54, 1.807) is 12.4 Å². The molecule has 0 aliphatic rings. The van der Waals surface area contributed by atoms with Crippen LogP contribution < -0.4 is 10.6 Å². The Morgan fingerprint density at radius 3 is 2.70 bits per heavy atom. The Bertz CT molecular complexity index is 528. The van der Waals surface area contributed by atoms with E-state index in [9.17, 15) is 0 Å². The Balaban J connectivity index is 1.74. The van der Waals surface area contributed by atoms with Crippen molar-refractivity contribution < 1.29 is 0 Å². The molecule has 0 unspecified atom stereocenters. The number of nitrogens with zero attached hydrogens (tertiary/aromatic N) is 1. The molecule has 1 atom stereocenters. The number of aryl methyl sites for hydroxylation is 1. The summed E-state index contributed by atoms with van der Waals surface area (Å²) in [4.78, 5) is 4.04. The summed E-state index contributed by atoms with van der Waals surface area (Å²) in [5.41, 5.74) is 2.26. The fourth-order valence-electron chi connectivity index (χ4n) is 1.93. The van der Waals surface area contributed by atoms with Crippen molar-refractivity contribution in [2.45, 2.75) is 25.8 Å². The van der Waals surface area contributed by atoms with Crippen molar-refractivity contribution in [3.05, 3.63) is 60.4 Å². The van der Waals surface area contributed by atoms with E-state index in [-0.39, 0.29) is 0 Å². The normalized spacial score (nSPS) is 11.7. The average molecular weight is 285 g/mol. The van der Waals surface area contributed by atoms with Gasteiger partial charge in [-0.2, -0.15) is 0 Å². The molecule has 2 rings (SSSR count). The maximum atomic E-state index is 5.29. The van der Waals surface area contributed by atoms with E-state index in [2.05, 4.69) is 46.8 Å². The highest BCUT2D eigenvalue weighted by atomic mass is 32.1. The van der Waals surface area contributed by atoms with E-state index in [1.165, 1.54) is 5.56 Å². The first-order valence-electron chi connectivity index (χ1n) is 6.75. The van der Waals surface area contributed by atoms with Gasteiger partial charge in [0.25, 0.3) is 0 Å². The van der Waals surface area contributed by atoms with Gasteiger partial charge in [0.1, 0.15) is 0 Å². The molecule has 1 aromatic carbocycles. The summed E-state index contributed by atoms with van der Waals surface area (Å²) in [6.45, 7) is 2.14. The van der Waals surface area contributed by atoms with Crippen LogP contribution in [0.1, 0.15) is 18.9 Å². The van der Waals surface area contributed by atoms with Gasteiger partial charge >= 0.3 is 0 Å². The van der Waals surface area contributed by atoms with Crippen molar-refractivity contribution in [1.29, 1.82) is 0 Å². The minimum atomic E-state index is 0.326. The third-order valence-corrected chi connectivity index (χ3v) is 3.23. The quantitative estimate of drug-likeness (QED) is 0.826. The van der Waals surface area contributed by atoms with E-state index in [1.807, 2.05) is 18.2 Å². The zero-order valence-electron chi connectivity index (χ0n) is 11.5. The SMILES string of the molecule is C[C@@H](CCc1ccccc1)NC(=S)Nc1cccnc1. The van der Waals surface area contributed by atoms with Gasteiger partial charge in [-0.05, 0) is 49.7 Å². The van der Waals surface area contributed by atoms with E-state index in [0.717, 1.165) is 18.5 Å². The van der Waals surface area contributed by atoms with Gasteiger partial charge in [0.05, 0.1) is 11.9 Å². The highest BCUT2D eigenvalue weighted by molar-refractivity contribution is 7.80. The van der Waals surface area contributed by atoms with Crippen molar-refractivity contribution in [1.82, 2.24) is 10.3 Å². The molecule has 2 aromatic rings. The molecule has 20 heavy (non-hydrogen) atoms. The molecular formula is C16H19N3S. The second-order valence-corrected chi connectivity index (χ2v) is 5.17. The molecule has 104 valence electrons. The van der Waals surface area contributed by atoms with Crippen LogP contribution in [0.25, 0.3) is 0 Å². The molecule has 0 spiro atoms. The van der Waals surface area contributed by atoms with Crippen molar-refractivity contribution in [2.24, 2.45) is 0 Å². The average Bonchev–Trinajstić information content (AvgIpc) is 2.47. The van der Waals surface area contributed by atoms with E-state index >= 15 is 0 Å². The predicted octanol–water partition coefficient (Wildman–Crippen LogP) is 3.39. The maximum absolute atomic E-state index is 5.29.